The van der Waals surface area contributed by atoms with Crippen LogP contribution >= 0.6 is 0 Å². The summed E-state index contributed by atoms with van der Waals surface area (Å²) in [6.07, 6.45) is 0. The fourth-order valence-electron chi connectivity index (χ4n) is 1.87. The van der Waals surface area contributed by atoms with Crippen LogP contribution in [0.4, 0.5) is 5.69 Å². The number of carbonyl (C=O) groups excluding carboxylic acids is 1. The van der Waals surface area contributed by atoms with E-state index in [-0.39, 0.29) is 11.8 Å². The third-order valence-electron chi connectivity index (χ3n) is 3.10. The topological polar surface area (TPSA) is 55.1 Å². The summed E-state index contributed by atoms with van der Waals surface area (Å²) in [5, 5.41) is 3.29. The number of hydrogen-bond acceptors (Lipinski definition) is 2. The molecule has 0 aromatic heterocycles. The summed E-state index contributed by atoms with van der Waals surface area (Å²) in [5.41, 5.74) is 8.56. The summed E-state index contributed by atoms with van der Waals surface area (Å²) >= 11 is 0. The summed E-state index contributed by atoms with van der Waals surface area (Å²) in [6.45, 7) is 2.36. The van der Waals surface area contributed by atoms with E-state index < -0.39 is 0 Å². The van der Waals surface area contributed by atoms with Gasteiger partial charge in [0.1, 0.15) is 0 Å². The van der Waals surface area contributed by atoms with Crippen molar-refractivity contribution >= 4 is 11.6 Å². The van der Waals surface area contributed by atoms with E-state index in [1.54, 1.807) is 0 Å². The van der Waals surface area contributed by atoms with Crippen LogP contribution in [0.3, 0.4) is 0 Å². The van der Waals surface area contributed by atoms with Gasteiger partial charge in [-0.05, 0) is 11.6 Å². The third-order valence-corrected chi connectivity index (χ3v) is 3.10. The fourth-order valence-corrected chi connectivity index (χ4v) is 1.87. The molecule has 0 aliphatic carbocycles. The standard InChI is InChI=1S/C16H18N2O/c1-12(16(17)19)11-18-15-10-6-5-9-14(15)13-7-3-2-4-8-13/h2-10,12,18H,11H2,1H3,(H2,17,19). The number of nitrogens with two attached hydrogens (primary N) is 1. The molecule has 0 saturated carbocycles. The second-order valence-corrected chi connectivity index (χ2v) is 4.60. The first-order chi connectivity index (χ1) is 9.18. The molecule has 3 nitrogen and oxygen atoms in total. The molecule has 2 aromatic carbocycles. The van der Waals surface area contributed by atoms with Gasteiger partial charge in [-0.25, -0.2) is 0 Å². The molecule has 0 radical (unpaired) electrons. The lowest BCUT2D eigenvalue weighted by molar-refractivity contribution is -0.120. The van der Waals surface area contributed by atoms with Gasteiger partial charge in [0.2, 0.25) is 5.91 Å². The number of primary amides is 1. The highest BCUT2D eigenvalue weighted by atomic mass is 16.1. The summed E-state index contributed by atoms with van der Waals surface area (Å²) in [6, 6.07) is 18.2. The van der Waals surface area contributed by atoms with E-state index in [0.29, 0.717) is 6.54 Å². The molecular formula is C16H18N2O. The lowest BCUT2D eigenvalue weighted by Crippen LogP contribution is -2.26. The Morgan fingerprint density at radius 3 is 2.42 bits per heavy atom. The zero-order chi connectivity index (χ0) is 13.7. The van der Waals surface area contributed by atoms with E-state index in [9.17, 15) is 4.79 Å². The first kappa shape index (κ1) is 13.1. The second-order valence-electron chi connectivity index (χ2n) is 4.60. The van der Waals surface area contributed by atoms with E-state index in [1.807, 2.05) is 43.3 Å². The van der Waals surface area contributed by atoms with Crippen LogP contribution in [0, 0.1) is 5.92 Å². The molecule has 1 unspecified atom stereocenters. The molecule has 2 rings (SSSR count). The van der Waals surface area contributed by atoms with E-state index in [4.69, 9.17) is 5.73 Å². The van der Waals surface area contributed by atoms with Gasteiger partial charge in [0.05, 0.1) is 5.92 Å². The monoisotopic (exact) mass is 254 g/mol. The van der Waals surface area contributed by atoms with Crippen molar-refractivity contribution in [2.45, 2.75) is 6.92 Å². The van der Waals surface area contributed by atoms with Crippen LogP contribution in [0.2, 0.25) is 0 Å². The van der Waals surface area contributed by atoms with Gasteiger partial charge >= 0.3 is 0 Å². The van der Waals surface area contributed by atoms with Crippen molar-refractivity contribution < 1.29 is 4.79 Å². The normalized spacial score (nSPS) is 11.8. The molecular weight excluding hydrogens is 236 g/mol. The van der Waals surface area contributed by atoms with Crippen LogP contribution in [0.1, 0.15) is 6.92 Å². The Bertz CT molecular complexity index is 552. The van der Waals surface area contributed by atoms with Gasteiger partial charge in [-0.2, -0.15) is 0 Å². The Morgan fingerprint density at radius 1 is 1.11 bits per heavy atom. The van der Waals surface area contributed by atoms with Crippen molar-refractivity contribution in [1.29, 1.82) is 0 Å². The van der Waals surface area contributed by atoms with Crippen LogP contribution < -0.4 is 11.1 Å². The Morgan fingerprint density at radius 2 is 1.74 bits per heavy atom. The zero-order valence-electron chi connectivity index (χ0n) is 11.0. The van der Waals surface area contributed by atoms with Crippen molar-refractivity contribution in [2.24, 2.45) is 11.7 Å². The van der Waals surface area contributed by atoms with Gasteiger partial charge in [-0.1, -0.05) is 55.5 Å². The van der Waals surface area contributed by atoms with Gasteiger partial charge in [0.15, 0.2) is 0 Å². The number of hydrogen-bond donors (Lipinski definition) is 2. The Balaban J connectivity index is 2.20. The van der Waals surface area contributed by atoms with Gasteiger partial charge in [0.25, 0.3) is 0 Å². The third kappa shape index (κ3) is 3.35. The number of amides is 1. The number of para-hydroxylation sites is 1. The minimum Gasteiger partial charge on any atom is -0.384 e. The number of carbonyl (C=O) groups is 1. The average Bonchev–Trinajstić information content (AvgIpc) is 2.46. The Kier molecular flexibility index (Phi) is 4.18. The first-order valence-corrected chi connectivity index (χ1v) is 6.36. The van der Waals surface area contributed by atoms with Crippen molar-refractivity contribution in [3.63, 3.8) is 0 Å². The predicted octanol–water partition coefficient (Wildman–Crippen LogP) is 2.89. The molecule has 0 aliphatic heterocycles. The molecule has 0 bridgehead atoms. The SMILES string of the molecule is CC(CNc1ccccc1-c1ccccc1)C(N)=O. The molecule has 0 heterocycles. The van der Waals surface area contributed by atoms with Crippen LogP contribution in [0.25, 0.3) is 11.1 Å². The van der Waals surface area contributed by atoms with Crippen molar-refractivity contribution in [2.75, 3.05) is 11.9 Å². The average molecular weight is 254 g/mol. The summed E-state index contributed by atoms with van der Waals surface area (Å²) in [4.78, 5) is 11.1. The fraction of sp³-hybridized carbons (Fsp3) is 0.188. The summed E-state index contributed by atoms with van der Waals surface area (Å²) < 4.78 is 0. The highest BCUT2D eigenvalue weighted by molar-refractivity contribution is 5.79. The number of rotatable bonds is 5. The van der Waals surface area contributed by atoms with E-state index >= 15 is 0 Å². The number of benzene rings is 2. The zero-order valence-corrected chi connectivity index (χ0v) is 11.0. The lowest BCUT2D eigenvalue weighted by atomic mass is 10.0. The molecule has 0 spiro atoms. The van der Waals surface area contributed by atoms with Gasteiger partial charge in [-0.15, -0.1) is 0 Å². The molecule has 1 atom stereocenters. The maximum Gasteiger partial charge on any atom is 0.222 e. The van der Waals surface area contributed by atoms with Gasteiger partial charge < -0.3 is 11.1 Å². The molecule has 1 amide bonds. The molecule has 0 aliphatic rings. The summed E-state index contributed by atoms with van der Waals surface area (Å²) in [5.74, 6) is -0.478. The second kappa shape index (κ2) is 6.05. The van der Waals surface area contributed by atoms with Crippen LogP contribution in [0.5, 0.6) is 0 Å². The maximum atomic E-state index is 11.1. The van der Waals surface area contributed by atoms with E-state index in [2.05, 4.69) is 23.5 Å². The quantitative estimate of drug-likeness (QED) is 0.862. The predicted molar refractivity (Wildman–Crippen MR) is 78.7 cm³/mol. The number of nitrogens with one attached hydrogen (secondary N) is 1. The van der Waals surface area contributed by atoms with Gasteiger partial charge in [0, 0.05) is 17.8 Å². The molecule has 3 N–H and O–H groups in total. The maximum absolute atomic E-state index is 11.1. The van der Waals surface area contributed by atoms with E-state index in [1.165, 1.54) is 0 Å². The summed E-state index contributed by atoms with van der Waals surface area (Å²) in [7, 11) is 0. The van der Waals surface area contributed by atoms with Crippen LogP contribution in [0.15, 0.2) is 54.6 Å². The van der Waals surface area contributed by atoms with Crippen molar-refractivity contribution in [3.05, 3.63) is 54.6 Å². The molecule has 0 fully saturated rings. The highest BCUT2D eigenvalue weighted by Crippen LogP contribution is 2.27. The van der Waals surface area contributed by atoms with E-state index in [0.717, 1.165) is 16.8 Å². The molecule has 98 valence electrons. The lowest BCUT2D eigenvalue weighted by Gasteiger charge is -2.14. The molecule has 0 saturated heterocycles. The first-order valence-electron chi connectivity index (χ1n) is 6.36. The van der Waals surface area contributed by atoms with Crippen molar-refractivity contribution in [1.82, 2.24) is 0 Å². The Hall–Kier alpha value is -2.29. The largest absolute Gasteiger partial charge is 0.384 e. The van der Waals surface area contributed by atoms with Gasteiger partial charge in [-0.3, -0.25) is 4.79 Å². The molecule has 19 heavy (non-hydrogen) atoms. The highest BCUT2D eigenvalue weighted by Gasteiger charge is 2.09. The van der Waals surface area contributed by atoms with Crippen LogP contribution in [-0.2, 0) is 4.79 Å². The minimum absolute atomic E-state index is 0.191. The molecule has 3 heteroatoms. The Labute approximate surface area is 113 Å². The number of anilines is 1. The smallest absolute Gasteiger partial charge is 0.222 e. The molecule has 2 aromatic rings. The van der Waals surface area contributed by atoms with Crippen molar-refractivity contribution in [3.8, 4) is 11.1 Å². The van der Waals surface area contributed by atoms with Crippen LogP contribution in [-0.4, -0.2) is 12.5 Å². The minimum atomic E-state index is -0.287.